The zero-order chi connectivity index (χ0) is 17.9. The van der Waals surface area contributed by atoms with Crippen LogP contribution in [0.25, 0.3) is 23.0 Å². The van der Waals surface area contributed by atoms with Gasteiger partial charge in [-0.1, -0.05) is 0 Å². The molecular weight excluding hydrogens is 328 g/mol. The highest BCUT2D eigenvalue weighted by molar-refractivity contribution is 5.55. The van der Waals surface area contributed by atoms with Crippen molar-refractivity contribution in [2.75, 3.05) is 14.2 Å². The highest BCUT2D eigenvalue weighted by atomic mass is 16.5. The summed E-state index contributed by atoms with van der Waals surface area (Å²) in [5.74, 6) is 3.15. The van der Waals surface area contributed by atoms with E-state index >= 15 is 0 Å². The van der Waals surface area contributed by atoms with Crippen LogP contribution in [0.3, 0.4) is 0 Å². The molecule has 2 aromatic carbocycles. The van der Waals surface area contributed by atoms with Crippen molar-refractivity contribution in [2.24, 2.45) is 0 Å². The van der Waals surface area contributed by atoms with E-state index in [-0.39, 0.29) is 0 Å². The van der Waals surface area contributed by atoms with E-state index in [0.717, 1.165) is 34.5 Å². The van der Waals surface area contributed by atoms with Crippen LogP contribution in [-0.4, -0.2) is 33.3 Å². The topological polar surface area (TPSA) is 54.1 Å². The van der Waals surface area contributed by atoms with Crippen molar-refractivity contribution in [2.45, 2.75) is 0 Å². The predicted molar refractivity (Wildman–Crippen MR) is 99.2 cm³/mol. The Hall–Kier alpha value is -3.54. The Bertz CT molecular complexity index is 917. The highest BCUT2D eigenvalue weighted by Gasteiger charge is 2.14. The average Bonchev–Trinajstić information content (AvgIpc) is 3.37. The lowest BCUT2D eigenvalue weighted by molar-refractivity contribution is 0.414. The van der Waals surface area contributed by atoms with Gasteiger partial charge in [-0.25, -0.2) is 9.97 Å². The number of methoxy groups -OCH3 is 2. The molecule has 0 bridgehead atoms. The van der Waals surface area contributed by atoms with E-state index in [0.29, 0.717) is 0 Å². The Labute approximate surface area is 151 Å². The lowest BCUT2D eigenvalue weighted by atomic mass is 10.3. The Morgan fingerprint density at radius 2 is 1.00 bits per heavy atom. The van der Waals surface area contributed by atoms with Crippen LogP contribution in [-0.2, 0) is 0 Å². The van der Waals surface area contributed by atoms with Crippen LogP contribution >= 0.6 is 0 Å². The van der Waals surface area contributed by atoms with Crippen molar-refractivity contribution in [3.8, 4) is 34.5 Å². The average molecular weight is 346 g/mol. The highest BCUT2D eigenvalue weighted by Crippen LogP contribution is 2.25. The summed E-state index contributed by atoms with van der Waals surface area (Å²) in [7, 11) is 3.31. The molecule has 0 atom stereocenters. The quantitative estimate of drug-likeness (QED) is 0.552. The summed E-state index contributed by atoms with van der Waals surface area (Å²) in [6.45, 7) is 0. The van der Waals surface area contributed by atoms with Crippen molar-refractivity contribution < 1.29 is 9.47 Å². The van der Waals surface area contributed by atoms with Crippen molar-refractivity contribution in [1.29, 1.82) is 0 Å². The van der Waals surface area contributed by atoms with Gasteiger partial charge in [0.25, 0.3) is 0 Å². The molecular formula is C20H18N4O2. The fraction of sp³-hybridized carbons (Fsp3) is 0.100. The number of aromatic nitrogens is 4. The first-order chi connectivity index (χ1) is 12.8. The summed E-state index contributed by atoms with van der Waals surface area (Å²) in [6.07, 6.45) is 7.38. The molecule has 130 valence electrons. The van der Waals surface area contributed by atoms with Gasteiger partial charge in [-0.2, -0.15) is 0 Å². The van der Waals surface area contributed by atoms with Gasteiger partial charge >= 0.3 is 0 Å². The summed E-state index contributed by atoms with van der Waals surface area (Å²) >= 11 is 0. The van der Waals surface area contributed by atoms with Gasteiger partial charge in [-0.3, -0.25) is 9.13 Å². The summed E-state index contributed by atoms with van der Waals surface area (Å²) in [5, 5.41) is 0. The molecule has 0 radical (unpaired) electrons. The minimum Gasteiger partial charge on any atom is -0.497 e. The van der Waals surface area contributed by atoms with E-state index in [1.54, 1.807) is 26.6 Å². The maximum Gasteiger partial charge on any atom is 0.181 e. The Morgan fingerprint density at radius 3 is 1.35 bits per heavy atom. The lowest BCUT2D eigenvalue weighted by Gasteiger charge is -2.11. The number of imidazole rings is 2. The van der Waals surface area contributed by atoms with Crippen molar-refractivity contribution in [3.05, 3.63) is 73.3 Å². The fourth-order valence-corrected chi connectivity index (χ4v) is 2.84. The molecule has 6 nitrogen and oxygen atoms in total. The molecule has 0 aliphatic heterocycles. The van der Waals surface area contributed by atoms with E-state index in [1.165, 1.54) is 0 Å². The third kappa shape index (κ3) is 2.82. The summed E-state index contributed by atoms with van der Waals surface area (Å²) in [4.78, 5) is 9.04. The molecule has 0 saturated heterocycles. The number of benzene rings is 2. The van der Waals surface area contributed by atoms with E-state index in [4.69, 9.17) is 9.47 Å². The van der Waals surface area contributed by atoms with Gasteiger partial charge in [-0.15, -0.1) is 0 Å². The number of nitrogens with zero attached hydrogens (tertiary/aromatic N) is 4. The van der Waals surface area contributed by atoms with Gasteiger partial charge in [0, 0.05) is 36.2 Å². The molecule has 0 N–H and O–H groups in total. The van der Waals surface area contributed by atoms with E-state index in [9.17, 15) is 0 Å². The fourth-order valence-electron chi connectivity index (χ4n) is 2.84. The van der Waals surface area contributed by atoms with Crippen molar-refractivity contribution in [1.82, 2.24) is 19.1 Å². The van der Waals surface area contributed by atoms with Gasteiger partial charge in [0.15, 0.2) is 11.6 Å². The van der Waals surface area contributed by atoms with Gasteiger partial charge in [0.05, 0.1) is 14.2 Å². The molecule has 6 heteroatoms. The van der Waals surface area contributed by atoms with Crippen molar-refractivity contribution >= 4 is 0 Å². The third-order valence-electron chi connectivity index (χ3n) is 4.18. The van der Waals surface area contributed by atoms with E-state index in [2.05, 4.69) is 9.97 Å². The van der Waals surface area contributed by atoms with E-state index in [1.807, 2.05) is 70.1 Å². The predicted octanol–water partition coefficient (Wildman–Crippen LogP) is 3.74. The number of hydrogen-bond donors (Lipinski definition) is 0. The first-order valence-corrected chi connectivity index (χ1v) is 8.16. The Morgan fingerprint density at radius 1 is 0.615 bits per heavy atom. The molecule has 0 saturated carbocycles. The molecule has 4 aromatic rings. The van der Waals surface area contributed by atoms with Crippen LogP contribution in [0, 0.1) is 0 Å². The lowest BCUT2D eigenvalue weighted by Crippen LogP contribution is -2.03. The minimum absolute atomic E-state index is 0.760. The molecule has 2 heterocycles. The largest absolute Gasteiger partial charge is 0.497 e. The van der Waals surface area contributed by atoms with Crippen LogP contribution in [0.5, 0.6) is 11.5 Å². The van der Waals surface area contributed by atoms with Gasteiger partial charge < -0.3 is 9.47 Å². The first-order valence-electron chi connectivity index (χ1n) is 8.16. The molecule has 0 spiro atoms. The number of ether oxygens (including phenoxy) is 2. The van der Waals surface area contributed by atoms with E-state index < -0.39 is 0 Å². The summed E-state index contributed by atoms with van der Waals surface area (Å²) in [5.41, 5.74) is 1.98. The monoisotopic (exact) mass is 346 g/mol. The van der Waals surface area contributed by atoms with Crippen LogP contribution in [0.1, 0.15) is 0 Å². The molecule has 26 heavy (non-hydrogen) atoms. The van der Waals surface area contributed by atoms with Gasteiger partial charge in [0.1, 0.15) is 11.5 Å². The van der Waals surface area contributed by atoms with Crippen molar-refractivity contribution in [3.63, 3.8) is 0 Å². The molecule has 2 aromatic heterocycles. The maximum absolute atomic E-state index is 5.23. The van der Waals surface area contributed by atoms with Crippen LogP contribution in [0.4, 0.5) is 0 Å². The second-order valence-electron chi connectivity index (χ2n) is 5.64. The first kappa shape index (κ1) is 16.0. The van der Waals surface area contributed by atoms with Crippen LogP contribution < -0.4 is 9.47 Å². The zero-order valence-electron chi connectivity index (χ0n) is 14.5. The SMILES string of the molecule is COc1ccc(-n2ccnc2-c2nccn2-c2ccc(OC)cc2)cc1. The molecule has 0 fully saturated rings. The Kier molecular flexibility index (Phi) is 4.15. The molecule has 0 aliphatic carbocycles. The van der Waals surface area contributed by atoms with Gasteiger partial charge in [-0.05, 0) is 48.5 Å². The third-order valence-corrected chi connectivity index (χ3v) is 4.18. The second-order valence-corrected chi connectivity index (χ2v) is 5.64. The van der Waals surface area contributed by atoms with Crippen LogP contribution in [0.2, 0.25) is 0 Å². The van der Waals surface area contributed by atoms with Gasteiger partial charge in [0.2, 0.25) is 0 Å². The Balaban J connectivity index is 1.75. The molecule has 0 amide bonds. The van der Waals surface area contributed by atoms with Crippen LogP contribution in [0.15, 0.2) is 73.3 Å². The number of rotatable bonds is 5. The normalized spacial score (nSPS) is 10.7. The standard InChI is InChI=1S/C20H18N4O2/c1-25-17-7-3-15(4-8-17)23-13-11-21-19(23)20-22-12-14-24(20)16-5-9-18(26-2)10-6-16/h3-14H,1-2H3. The molecule has 0 aliphatic rings. The molecule has 0 unspecified atom stereocenters. The second kappa shape index (κ2) is 6.76. The number of hydrogen-bond acceptors (Lipinski definition) is 4. The maximum atomic E-state index is 5.23. The minimum atomic E-state index is 0.760. The molecule has 4 rings (SSSR count). The smallest absolute Gasteiger partial charge is 0.181 e. The summed E-state index contributed by atoms with van der Waals surface area (Å²) < 4.78 is 14.5. The zero-order valence-corrected chi connectivity index (χ0v) is 14.5. The summed E-state index contributed by atoms with van der Waals surface area (Å²) in [6, 6.07) is 15.7.